The van der Waals surface area contributed by atoms with Crippen LogP contribution in [0.5, 0.6) is 11.5 Å². The molecule has 1 fully saturated rings. The Kier molecular flexibility index (Phi) is 9.03. The van der Waals surface area contributed by atoms with Gasteiger partial charge in [0, 0.05) is 5.69 Å². The number of anilines is 1. The molecule has 1 saturated heterocycles. The number of aryl methyl sites for hydroxylation is 2. The van der Waals surface area contributed by atoms with Crippen molar-refractivity contribution < 1.29 is 23.9 Å². The number of amides is 4. The van der Waals surface area contributed by atoms with Gasteiger partial charge in [0.1, 0.15) is 18.8 Å². The number of imide groups is 1. The van der Waals surface area contributed by atoms with E-state index in [-0.39, 0.29) is 5.70 Å². The number of nitrogens with zero attached hydrogens (tertiary/aromatic N) is 1. The Labute approximate surface area is 236 Å². The van der Waals surface area contributed by atoms with Gasteiger partial charge in [-0.1, -0.05) is 55.0 Å². The summed E-state index contributed by atoms with van der Waals surface area (Å²) in [5, 5.41) is 5.35. The summed E-state index contributed by atoms with van der Waals surface area (Å²) in [6, 6.07) is 18.3. The summed E-state index contributed by atoms with van der Waals surface area (Å²) in [6.07, 6.45) is 2.28. The molecule has 3 aromatic rings. The molecule has 0 spiro atoms. The molecule has 0 saturated carbocycles. The lowest BCUT2D eigenvalue weighted by molar-refractivity contribution is -0.127. The molecule has 3 aromatic carbocycles. The van der Waals surface area contributed by atoms with Crippen molar-refractivity contribution in [3.63, 3.8) is 0 Å². The minimum absolute atomic E-state index is 0.0598. The Morgan fingerprint density at radius 2 is 1.85 bits per heavy atom. The lowest BCUT2D eigenvalue weighted by Crippen LogP contribution is -2.38. The van der Waals surface area contributed by atoms with Crippen molar-refractivity contribution in [1.29, 1.82) is 0 Å². The molecular weight excluding hydrogens is 562 g/mol. The zero-order valence-electron chi connectivity index (χ0n) is 22.0. The molecule has 0 aliphatic carbocycles. The lowest BCUT2D eigenvalue weighted by atomic mass is 10.1. The SMILES string of the molecule is CCOc1cc(/C=C2/NC(=O)N(CC(=O)Nc3ccccc3CC)C2=O)cc(Br)c1OCc1cccc(C)c1. The first kappa shape index (κ1) is 27.9. The van der Waals surface area contributed by atoms with Gasteiger partial charge in [0.25, 0.3) is 5.91 Å². The maximum Gasteiger partial charge on any atom is 0.329 e. The van der Waals surface area contributed by atoms with Crippen LogP contribution in [0.3, 0.4) is 0 Å². The third kappa shape index (κ3) is 6.86. The van der Waals surface area contributed by atoms with Gasteiger partial charge in [0.05, 0.1) is 11.1 Å². The predicted octanol–water partition coefficient (Wildman–Crippen LogP) is 5.83. The fourth-order valence-corrected chi connectivity index (χ4v) is 4.77. The van der Waals surface area contributed by atoms with E-state index in [4.69, 9.17) is 9.47 Å². The molecule has 4 rings (SSSR count). The average molecular weight is 592 g/mol. The third-order valence-corrected chi connectivity index (χ3v) is 6.63. The van der Waals surface area contributed by atoms with Gasteiger partial charge >= 0.3 is 6.03 Å². The second-order valence-corrected chi connectivity index (χ2v) is 9.83. The van der Waals surface area contributed by atoms with E-state index in [1.165, 1.54) is 0 Å². The molecule has 1 heterocycles. The van der Waals surface area contributed by atoms with Crippen molar-refractivity contribution in [2.24, 2.45) is 0 Å². The van der Waals surface area contributed by atoms with E-state index in [1.54, 1.807) is 24.3 Å². The van der Waals surface area contributed by atoms with Crippen molar-refractivity contribution in [3.05, 3.63) is 93.1 Å². The molecule has 202 valence electrons. The summed E-state index contributed by atoms with van der Waals surface area (Å²) in [7, 11) is 0. The standard InChI is InChI=1S/C30H30BrN3O5/c1-4-22-11-6-7-12-24(22)32-27(35)17-34-29(36)25(33-30(34)37)15-21-14-23(31)28(26(16-21)38-5-2)39-18-20-10-8-9-19(3)13-20/h6-16H,4-5,17-18H2,1-3H3,(H,32,35)(H,33,37)/b25-15+. The number of benzene rings is 3. The van der Waals surface area contributed by atoms with E-state index < -0.39 is 24.4 Å². The van der Waals surface area contributed by atoms with Gasteiger partial charge in [-0.3, -0.25) is 9.59 Å². The molecule has 2 N–H and O–H groups in total. The summed E-state index contributed by atoms with van der Waals surface area (Å²) in [5.74, 6) is -0.0214. The molecule has 1 aliphatic rings. The first-order valence-corrected chi connectivity index (χ1v) is 13.4. The highest BCUT2D eigenvalue weighted by Crippen LogP contribution is 2.38. The van der Waals surface area contributed by atoms with Crippen molar-refractivity contribution in [1.82, 2.24) is 10.2 Å². The monoisotopic (exact) mass is 591 g/mol. The Hall–Kier alpha value is -4.11. The molecule has 0 unspecified atom stereocenters. The summed E-state index contributed by atoms with van der Waals surface area (Å²) in [6.45, 7) is 6.24. The second-order valence-electron chi connectivity index (χ2n) is 8.98. The van der Waals surface area contributed by atoms with E-state index in [0.29, 0.717) is 40.4 Å². The number of ether oxygens (including phenoxy) is 2. The fraction of sp³-hybridized carbons (Fsp3) is 0.233. The van der Waals surface area contributed by atoms with Crippen LogP contribution in [0.2, 0.25) is 0 Å². The number of carbonyl (C=O) groups is 3. The maximum absolute atomic E-state index is 13.0. The maximum atomic E-state index is 13.0. The van der Waals surface area contributed by atoms with Crippen LogP contribution < -0.4 is 20.1 Å². The van der Waals surface area contributed by atoms with Crippen LogP contribution in [-0.2, 0) is 22.6 Å². The Balaban J connectivity index is 1.49. The van der Waals surface area contributed by atoms with Crippen LogP contribution in [0, 0.1) is 6.92 Å². The zero-order valence-corrected chi connectivity index (χ0v) is 23.6. The van der Waals surface area contributed by atoms with Gasteiger partial charge in [-0.25, -0.2) is 9.69 Å². The van der Waals surface area contributed by atoms with E-state index in [2.05, 4.69) is 32.6 Å². The molecule has 0 bridgehead atoms. The largest absolute Gasteiger partial charge is 0.490 e. The van der Waals surface area contributed by atoms with Crippen LogP contribution in [-0.4, -0.2) is 35.9 Å². The number of halogens is 1. The highest BCUT2D eigenvalue weighted by Gasteiger charge is 2.35. The Morgan fingerprint density at radius 1 is 1.05 bits per heavy atom. The molecule has 8 nitrogen and oxygen atoms in total. The number of hydrogen-bond donors (Lipinski definition) is 2. The van der Waals surface area contributed by atoms with Crippen molar-refractivity contribution in [2.75, 3.05) is 18.5 Å². The van der Waals surface area contributed by atoms with Crippen LogP contribution in [0.25, 0.3) is 6.08 Å². The van der Waals surface area contributed by atoms with Gasteiger partial charge in [-0.2, -0.15) is 0 Å². The number of nitrogens with one attached hydrogen (secondary N) is 2. The van der Waals surface area contributed by atoms with Gasteiger partial charge in [-0.15, -0.1) is 0 Å². The predicted molar refractivity (Wildman–Crippen MR) is 153 cm³/mol. The van der Waals surface area contributed by atoms with E-state index in [1.807, 2.05) is 57.2 Å². The van der Waals surface area contributed by atoms with Crippen LogP contribution in [0.15, 0.2) is 70.8 Å². The number of carbonyl (C=O) groups excluding carboxylic acids is 3. The molecule has 39 heavy (non-hydrogen) atoms. The van der Waals surface area contributed by atoms with Crippen LogP contribution in [0.1, 0.15) is 36.1 Å². The van der Waals surface area contributed by atoms with E-state index in [0.717, 1.165) is 28.0 Å². The van der Waals surface area contributed by atoms with Gasteiger partial charge < -0.3 is 20.1 Å². The highest BCUT2D eigenvalue weighted by molar-refractivity contribution is 9.10. The molecule has 9 heteroatoms. The van der Waals surface area contributed by atoms with Crippen molar-refractivity contribution in [3.8, 4) is 11.5 Å². The van der Waals surface area contributed by atoms with Gasteiger partial charge in [0.2, 0.25) is 5.91 Å². The molecular formula is C30H30BrN3O5. The average Bonchev–Trinajstić information content (AvgIpc) is 3.16. The lowest BCUT2D eigenvalue weighted by Gasteiger charge is -2.15. The normalized spacial score (nSPS) is 13.9. The highest BCUT2D eigenvalue weighted by atomic mass is 79.9. The quantitative estimate of drug-likeness (QED) is 0.228. The minimum Gasteiger partial charge on any atom is -0.490 e. The number of urea groups is 1. The summed E-state index contributed by atoms with van der Waals surface area (Å²) < 4.78 is 12.5. The van der Waals surface area contributed by atoms with E-state index in [9.17, 15) is 14.4 Å². The topological polar surface area (TPSA) is 97.0 Å². The Morgan fingerprint density at radius 3 is 2.59 bits per heavy atom. The first-order valence-electron chi connectivity index (χ1n) is 12.7. The van der Waals surface area contributed by atoms with Crippen LogP contribution >= 0.6 is 15.9 Å². The Bertz CT molecular complexity index is 1440. The van der Waals surface area contributed by atoms with Crippen LogP contribution in [0.4, 0.5) is 10.5 Å². The molecule has 0 radical (unpaired) electrons. The second kappa shape index (κ2) is 12.6. The zero-order chi connectivity index (χ0) is 27.9. The van der Waals surface area contributed by atoms with Crippen molar-refractivity contribution >= 4 is 45.5 Å². The first-order chi connectivity index (χ1) is 18.8. The fourth-order valence-electron chi connectivity index (χ4n) is 4.20. The summed E-state index contributed by atoms with van der Waals surface area (Å²) in [4.78, 5) is 39.1. The molecule has 4 amide bonds. The third-order valence-electron chi connectivity index (χ3n) is 6.04. The van der Waals surface area contributed by atoms with Crippen molar-refractivity contribution in [2.45, 2.75) is 33.8 Å². The number of para-hydroxylation sites is 1. The number of rotatable bonds is 10. The molecule has 1 aliphatic heterocycles. The van der Waals surface area contributed by atoms with E-state index >= 15 is 0 Å². The van der Waals surface area contributed by atoms with Gasteiger partial charge in [0.15, 0.2) is 11.5 Å². The smallest absolute Gasteiger partial charge is 0.329 e. The van der Waals surface area contributed by atoms with Gasteiger partial charge in [-0.05, 0) is 77.2 Å². The summed E-state index contributed by atoms with van der Waals surface area (Å²) in [5.41, 5.74) is 4.46. The summed E-state index contributed by atoms with van der Waals surface area (Å²) >= 11 is 3.55. The number of hydrogen-bond acceptors (Lipinski definition) is 5. The molecule has 0 aromatic heterocycles. The minimum atomic E-state index is -0.660. The molecule has 0 atom stereocenters.